The molecule has 6 nitrogen and oxygen atoms in total. The highest BCUT2D eigenvalue weighted by atomic mass is 79.9. The van der Waals surface area contributed by atoms with E-state index >= 15 is 0 Å². The lowest BCUT2D eigenvalue weighted by Gasteiger charge is -2.28. The maximum absolute atomic E-state index is 12.7. The largest absolute Gasteiger partial charge is 0.350 e. The van der Waals surface area contributed by atoms with Crippen LogP contribution >= 0.6 is 27.5 Å². The Morgan fingerprint density at radius 2 is 1.93 bits per heavy atom. The van der Waals surface area contributed by atoms with E-state index in [1.165, 1.54) is 18.2 Å². The number of primary sulfonamides is 1. The minimum atomic E-state index is -3.89. The number of likely N-dealkylation sites (tertiary alicyclic amines) is 1. The van der Waals surface area contributed by atoms with Crippen molar-refractivity contribution in [2.45, 2.75) is 23.8 Å². The summed E-state index contributed by atoms with van der Waals surface area (Å²) < 4.78 is 23.7. The number of carbonyl (C=O) groups excluding carboxylic acids is 1. The normalized spacial score (nSPS) is 16.1. The number of hydrogen-bond acceptors (Lipinski definition) is 4. The number of nitrogens with one attached hydrogen (secondary N) is 1. The molecule has 9 heteroatoms. The average molecular weight is 487 g/mol. The molecule has 150 valence electrons. The van der Waals surface area contributed by atoms with Crippen LogP contribution in [0.4, 0.5) is 0 Å². The number of rotatable bonds is 6. The fourth-order valence-corrected chi connectivity index (χ4v) is 4.53. The van der Waals surface area contributed by atoms with Crippen LogP contribution in [-0.4, -0.2) is 38.9 Å². The van der Waals surface area contributed by atoms with Gasteiger partial charge in [0, 0.05) is 16.0 Å². The van der Waals surface area contributed by atoms with E-state index in [1.807, 2.05) is 24.3 Å². The fraction of sp³-hybridized carbons (Fsp3) is 0.316. The van der Waals surface area contributed by atoms with Gasteiger partial charge in [-0.05, 0) is 77.8 Å². The lowest BCUT2D eigenvalue weighted by Crippen LogP contribution is -2.37. The number of hydrogen-bond donors (Lipinski definition) is 2. The van der Waals surface area contributed by atoms with E-state index in [2.05, 4.69) is 26.1 Å². The lowest BCUT2D eigenvalue weighted by molar-refractivity contribution is 0.0937. The summed E-state index contributed by atoms with van der Waals surface area (Å²) in [6.45, 7) is 2.29. The fourth-order valence-electron chi connectivity index (χ4n) is 3.36. The van der Waals surface area contributed by atoms with Crippen LogP contribution in [-0.2, 0) is 10.0 Å². The van der Waals surface area contributed by atoms with Gasteiger partial charge in [0.1, 0.15) is 0 Å². The third-order valence-electron chi connectivity index (χ3n) is 4.78. The van der Waals surface area contributed by atoms with Crippen LogP contribution in [0, 0.1) is 0 Å². The van der Waals surface area contributed by atoms with Gasteiger partial charge in [0.05, 0.1) is 16.5 Å². The standard InChI is InChI=1S/C19H21BrClN3O3S/c20-17-7-6-15(28(22,26)27)11-16(17)19(25)23-12-18(24-8-1-2-9-24)13-4-3-5-14(21)10-13/h3-7,10-11,18H,1-2,8-9,12H2,(H,23,25)(H2,22,26,27). The molecular weight excluding hydrogens is 466 g/mol. The van der Waals surface area contributed by atoms with Gasteiger partial charge in [-0.3, -0.25) is 9.69 Å². The number of nitrogens with two attached hydrogens (primary N) is 1. The third kappa shape index (κ3) is 5.12. The van der Waals surface area contributed by atoms with Gasteiger partial charge in [0.15, 0.2) is 0 Å². The Balaban J connectivity index is 1.81. The van der Waals surface area contributed by atoms with Crippen molar-refractivity contribution in [1.29, 1.82) is 0 Å². The van der Waals surface area contributed by atoms with Crippen LogP contribution in [0.2, 0.25) is 5.02 Å². The molecule has 1 saturated heterocycles. The van der Waals surface area contributed by atoms with E-state index in [1.54, 1.807) is 0 Å². The van der Waals surface area contributed by atoms with E-state index in [4.69, 9.17) is 16.7 Å². The summed E-state index contributed by atoms with van der Waals surface area (Å²) in [6, 6.07) is 11.8. The molecule has 2 aromatic rings. The highest BCUT2D eigenvalue weighted by Gasteiger charge is 2.25. The number of amides is 1. The Labute approximate surface area is 178 Å². The molecule has 0 spiro atoms. The van der Waals surface area contributed by atoms with Gasteiger partial charge in [0.2, 0.25) is 10.0 Å². The first-order chi connectivity index (χ1) is 13.3. The summed E-state index contributed by atoms with van der Waals surface area (Å²) in [6.07, 6.45) is 2.24. The van der Waals surface area contributed by atoms with Crippen LogP contribution < -0.4 is 10.5 Å². The summed E-state index contributed by atoms with van der Waals surface area (Å²) in [5.74, 6) is -0.372. The zero-order chi connectivity index (χ0) is 20.3. The molecule has 0 radical (unpaired) electrons. The third-order valence-corrected chi connectivity index (χ3v) is 6.62. The summed E-state index contributed by atoms with van der Waals surface area (Å²) in [5, 5.41) is 8.75. The first-order valence-corrected chi connectivity index (χ1v) is 11.6. The first kappa shape index (κ1) is 21.3. The minimum Gasteiger partial charge on any atom is -0.350 e. The van der Waals surface area contributed by atoms with Crippen LogP contribution in [0.1, 0.15) is 34.8 Å². The van der Waals surface area contributed by atoms with Gasteiger partial charge < -0.3 is 5.32 Å². The maximum atomic E-state index is 12.7. The summed E-state index contributed by atoms with van der Waals surface area (Å²) >= 11 is 9.46. The zero-order valence-electron chi connectivity index (χ0n) is 15.1. The second-order valence-electron chi connectivity index (χ2n) is 6.71. The zero-order valence-corrected chi connectivity index (χ0v) is 18.2. The van der Waals surface area contributed by atoms with Gasteiger partial charge in [-0.25, -0.2) is 13.6 Å². The van der Waals surface area contributed by atoms with Crippen LogP contribution in [0.25, 0.3) is 0 Å². The summed E-state index contributed by atoms with van der Waals surface area (Å²) in [4.78, 5) is 15.0. The minimum absolute atomic E-state index is 0.00894. The molecule has 1 atom stereocenters. The predicted octanol–water partition coefficient (Wildman–Crippen LogP) is 3.32. The van der Waals surface area contributed by atoms with E-state index in [0.29, 0.717) is 16.0 Å². The molecule has 0 bridgehead atoms. The van der Waals surface area contributed by atoms with E-state index < -0.39 is 10.0 Å². The van der Waals surface area contributed by atoms with E-state index in [9.17, 15) is 13.2 Å². The number of carbonyl (C=O) groups is 1. The quantitative estimate of drug-likeness (QED) is 0.655. The summed E-state index contributed by atoms with van der Waals surface area (Å²) in [5.41, 5.74) is 1.25. The number of benzene rings is 2. The van der Waals surface area contributed by atoms with Crippen molar-refractivity contribution in [1.82, 2.24) is 10.2 Å². The second kappa shape index (κ2) is 8.92. The van der Waals surface area contributed by atoms with Gasteiger partial charge in [0.25, 0.3) is 5.91 Å². The molecule has 3 rings (SSSR count). The van der Waals surface area contributed by atoms with Gasteiger partial charge in [-0.2, -0.15) is 0 Å². The Kier molecular flexibility index (Phi) is 6.77. The summed E-state index contributed by atoms with van der Waals surface area (Å²) in [7, 11) is -3.89. The number of halogens is 2. The molecule has 1 aliphatic rings. The van der Waals surface area contributed by atoms with Crippen molar-refractivity contribution < 1.29 is 13.2 Å². The Hall–Kier alpha value is -1.45. The maximum Gasteiger partial charge on any atom is 0.252 e. The molecule has 1 unspecified atom stereocenters. The molecule has 1 fully saturated rings. The molecule has 28 heavy (non-hydrogen) atoms. The Morgan fingerprint density at radius 1 is 1.21 bits per heavy atom. The SMILES string of the molecule is NS(=O)(=O)c1ccc(Br)c(C(=O)NCC(c2cccc(Cl)c2)N2CCCC2)c1. The molecule has 1 amide bonds. The molecule has 1 aliphatic heterocycles. The van der Waals surface area contributed by atoms with Crippen molar-refractivity contribution in [3.63, 3.8) is 0 Å². The molecule has 2 aromatic carbocycles. The molecule has 0 aromatic heterocycles. The number of nitrogens with zero attached hydrogens (tertiary/aromatic N) is 1. The van der Waals surface area contributed by atoms with Gasteiger partial charge >= 0.3 is 0 Å². The average Bonchev–Trinajstić information content (AvgIpc) is 3.15. The topological polar surface area (TPSA) is 92.5 Å². The van der Waals surface area contributed by atoms with Gasteiger partial charge in [-0.1, -0.05) is 23.7 Å². The van der Waals surface area contributed by atoms with Crippen LogP contribution in [0.3, 0.4) is 0 Å². The van der Waals surface area contributed by atoms with Crippen molar-refractivity contribution in [3.05, 3.63) is 63.1 Å². The smallest absolute Gasteiger partial charge is 0.252 e. The van der Waals surface area contributed by atoms with Crippen molar-refractivity contribution in [3.8, 4) is 0 Å². The molecule has 0 aliphatic carbocycles. The van der Waals surface area contributed by atoms with Crippen molar-refractivity contribution in [2.24, 2.45) is 5.14 Å². The second-order valence-corrected chi connectivity index (χ2v) is 9.56. The molecular formula is C19H21BrClN3O3S. The molecule has 1 heterocycles. The first-order valence-electron chi connectivity index (χ1n) is 8.86. The van der Waals surface area contributed by atoms with E-state index in [0.717, 1.165) is 31.5 Å². The van der Waals surface area contributed by atoms with E-state index in [-0.39, 0.29) is 22.4 Å². The van der Waals surface area contributed by atoms with Gasteiger partial charge in [-0.15, -0.1) is 0 Å². The Morgan fingerprint density at radius 3 is 2.57 bits per heavy atom. The predicted molar refractivity (Wildman–Crippen MR) is 113 cm³/mol. The monoisotopic (exact) mass is 485 g/mol. The van der Waals surface area contributed by atoms with Crippen LogP contribution in [0.15, 0.2) is 51.8 Å². The molecule has 0 saturated carbocycles. The lowest BCUT2D eigenvalue weighted by atomic mass is 10.1. The highest BCUT2D eigenvalue weighted by molar-refractivity contribution is 9.10. The Bertz CT molecular complexity index is 978. The van der Waals surface area contributed by atoms with Crippen molar-refractivity contribution >= 4 is 43.5 Å². The highest BCUT2D eigenvalue weighted by Crippen LogP contribution is 2.27. The van der Waals surface area contributed by atoms with Crippen molar-refractivity contribution in [2.75, 3.05) is 19.6 Å². The molecule has 3 N–H and O–H groups in total. The number of sulfonamides is 1. The van der Waals surface area contributed by atoms with Crippen LogP contribution in [0.5, 0.6) is 0 Å².